The van der Waals surface area contributed by atoms with E-state index in [0.29, 0.717) is 11.5 Å². The molecule has 0 atom stereocenters. The molecule has 0 spiro atoms. The topological polar surface area (TPSA) is 55.1 Å². The molecule has 1 amide bonds. The molecule has 0 unspecified atom stereocenters. The van der Waals surface area contributed by atoms with Gasteiger partial charge in [-0.2, -0.15) is 0 Å². The Labute approximate surface area is 110 Å². The third kappa shape index (κ3) is 3.66. The minimum Gasteiger partial charge on any atom is -0.393 e. The normalized spacial score (nSPS) is 19.7. The monoisotopic (exact) mass is 256 g/mol. The van der Waals surface area contributed by atoms with E-state index in [9.17, 15) is 4.79 Å². The van der Waals surface area contributed by atoms with Crippen LogP contribution in [0.2, 0.25) is 0 Å². The van der Waals surface area contributed by atoms with Gasteiger partial charge in [-0.25, -0.2) is 0 Å². The summed E-state index contributed by atoms with van der Waals surface area (Å²) >= 11 is 4.99. The van der Waals surface area contributed by atoms with Crippen molar-refractivity contribution in [3.05, 3.63) is 0 Å². The molecule has 0 bridgehead atoms. The van der Waals surface area contributed by atoms with Crippen molar-refractivity contribution in [1.29, 1.82) is 0 Å². The minimum atomic E-state index is -0.310. The summed E-state index contributed by atoms with van der Waals surface area (Å²) in [6.07, 6.45) is 5.55. The average molecular weight is 256 g/mol. The van der Waals surface area contributed by atoms with E-state index in [1.807, 2.05) is 13.8 Å². The second-order valence-corrected chi connectivity index (χ2v) is 6.49. The maximum absolute atomic E-state index is 12.2. The first-order valence-corrected chi connectivity index (χ1v) is 6.77. The number of hydrogen-bond acceptors (Lipinski definition) is 2. The molecule has 1 aliphatic rings. The van der Waals surface area contributed by atoms with Gasteiger partial charge in [0, 0.05) is 17.4 Å². The predicted octanol–water partition coefficient (Wildman–Crippen LogP) is 2.39. The van der Waals surface area contributed by atoms with Gasteiger partial charge in [-0.05, 0) is 12.8 Å². The molecule has 0 aliphatic heterocycles. The molecule has 0 heterocycles. The summed E-state index contributed by atoms with van der Waals surface area (Å²) < 4.78 is 0. The Hall–Kier alpha value is -0.640. The summed E-state index contributed by atoms with van der Waals surface area (Å²) in [6.45, 7) is 6.50. The zero-order valence-corrected chi connectivity index (χ0v) is 12.0. The lowest BCUT2D eigenvalue weighted by atomic mass is 9.75. The van der Waals surface area contributed by atoms with Crippen LogP contribution in [0, 0.1) is 10.8 Å². The highest BCUT2D eigenvalue weighted by atomic mass is 32.1. The van der Waals surface area contributed by atoms with E-state index >= 15 is 0 Å². The lowest BCUT2D eigenvalue weighted by molar-refractivity contribution is -0.132. The van der Waals surface area contributed by atoms with Crippen molar-refractivity contribution >= 4 is 23.1 Å². The van der Waals surface area contributed by atoms with Crippen molar-refractivity contribution in [2.45, 2.75) is 52.9 Å². The average Bonchev–Trinajstić information content (AvgIpc) is 2.26. The molecule has 3 nitrogen and oxygen atoms in total. The van der Waals surface area contributed by atoms with E-state index in [1.54, 1.807) is 0 Å². The van der Waals surface area contributed by atoms with E-state index in [2.05, 4.69) is 12.2 Å². The van der Waals surface area contributed by atoms with Crippen LogP contribution in [0.4, 0.5) is 0 Å². The van der Waals surface area contributed by atoms with Crippen molar-refractivity contribution in [2.24, 2.45) is 16.6 Å². The SMILES string of the molecule is CC(C)(CNC(=O)C1(C)CCCCC1)C(N)=S. The summed E-state index contributed by atoms with van der Waals surface area (Å²) in [5, 5.41) is 3.01. The summed E-state index contributed by atoms with van der Waals surface area (Å²) in [5.41, 5.74) is 5.15. The smallest absolute Gasteiger partial charge is 0.225 e. The number of nitrogens with two attached hydrogens (primary N) is 1. The van der Waals surface area contributed by atoms with Crippen LogP contribution in [0.1, 0.15) is 52.9 Å². The first-order valence-electron chi connectivity index (χ1n) is 6.36. The molecular formula is C13H24N2OS. The minimum absolute atomic E-state index is 0.154. The van der Waals surface area contributed by atoms with Crippen molar-refractivity contribution < 1.29 is 4.79 Å². The van der Waals surface area contributed by atoms with Gasteiger partial charge in [0.1, 0.15) is 0 Å². The van der Waals surface area contributed by atoms with Crippen LogP contribution < -0.4 is 11.1 Å². The molecule has 17 heavy (non-hydrogen) atoms. The van der Waals surface area contributed by atoms with Gasteiger partial charge in [-0.1, -0.05) is 52.3 Å². The van der Waals surface area contributed by atoms with Gasteiger partial charge in [0.15, 0.2) is 0 Å². The zero-order chi connectivity index (χ0) is 13.1. The van der Waals surface area contributed by atoms with E-state index in [1.165, 1.54) is 6.42 Å². The largest absolute Gasteiger partial charge is 0.393 e. The number of hydrogen-bond donors (Lipinski definition) is 2. The maximum atomic E-state index is 12.2. The summed E-state index contributed by atoms with van der Waals surface area (Å²) in [4.78, 5) is 12.6. The van der Waals surface area contributed by atoms with Gasteiger partial charge in [0.05, 0.1) is 4.99 Å². The molecule has 0 saturated heterocycles. The number of thiocarbonyl (C=S) groups is 1. The van der Waals surface area contributed by atoms with Crippen LogP contribution in [-0.2, 0) is 4.79 Å². The van der Waals surface area contributed by atoms with Crippen molar-refractivity contribution in [3.63, 3.8) is 0 Å². The molecule has 4 heteroatoms. The Morgan fingerprint density at radius 3 is 2.35 bits per heavy atom. The van der Waals surface area contributed by atoms with Gasteiger partial charge in [-0.15, -0.1) is 0 Å². The van der Waals surface area contributed by atoms with E-state index in [4.69, 9.17) is 18.0 Å². The Morgan fingerprint density at radius 2 is 1.88 bits per heavy atom. The number of carbonyl (C=O) groups excluding carboxylic acids is 1. The Balaban J connectivity index is 2.52. The van der Waals surface area contributed by atoms with Crippen LogP contribution in [-0.4, -0.2) is 17.4 Å². The second kappa shape index (κ2) is 5.34. The first-order chi connectivity index (χ1) is 7.78. The highest BCUT2D eigenvalue weighted by Gasteiger charge is 2.35. The highest BCUT2D eigenvalue weighted by molar-refractivity contribution is 7.80. The number of amides is 1. The van der Waals surface area contributed by atoms with Crippen molar-refractivity contribution in [2.75, 3.05) is 6.54 Å². The van der Waals surface area contributed by atoms with Crippen LogP contribution in [0.25, 0.3) is 0 Å². The van der Waals surface area contributed by atoms with Gasteiger partial charge in [0.25, 0.3) is 0 Å². The molecule has 0 aromatic heterocycles. The summed E-state index contributed by atoms with van der Waals surface area (Å²) in [7, 11) is 0. The van der Waals surface area contributed by atoms with Crippen molar-refractivity contribution in [1.82, 2.24) is 5.32 Å². The molecule has 0 aromatic carbocycles. The van der Waals surface area contributed by atoms with Crippen LogP contribution >= 0.6 is 12.2 Å². The van der Waals surface area contributed by atoms with Gasteiger partial charge >= 0.3 is 0 Å². The highest BCUT2D eigenvalue weighted by Crippen LogP contribution is 2.35. The van der Waals surface area contributed by atoms with E-state index in [-0.39, 0.29) is 16.7 Å². The summed E-state index contributed by atoms with van der Waals surface area (Å²) in [6, 6.07) is 0. The van der Waals surface area contributed by atoms with Crippen LogP contribution in [0.3, 0.4) is 0 Å². The molecule has 1 saturated carbocycles. The lowest BCUT2D eigenvalue weighted by Crippen LogP contribution is -2.46. The number of carbonyl (C=O) groups is 1. The third-order valence-corrected chi connectivity index (χ3v) is 4.42. The summed E-state index contributed by atoms with van der Waals surface area (Å²) in [5.74, 6) is 0.154. The van der Waals surface area contributed by atoms with Gasteiger partial charge < -0.3 is 11.1 Å². The Kier molecular flexibility index (Phi) is 4.53. The molecular weight excluding hydrogens is 232 g/mol. The van der Waals surface area contributed by atoms with Crippen LogP contribution in [0.15, 0.2) is 0 Å². The predicted molar refractivity (Wildman–Crippen MR) is 74.8 cm³/mol. The Bertz CT molecular complexity index is 307. The van der Waals surface area contributed by atoms with Crippen molar-refractivity contribution in [3.8, 4) is 0 Å². The maximum Gasteiger partial charge on any atom is 0.225 e. The number of nitrogens with one attached hydrogen (secondary N) is 1. The van der Waals surface area contributed by atoms with E-state index in [0.717, 1.165) is 25.7 Å². The fraction of sp³-hybridized carbons (Fsp3) is 0.846. The third-order valence-electron chi connectivity index (χ3n) is 3.86. The molecule has 1 fully saturated rings. The molecule has 0 aromatic rings. The second-order valence-electron chi connectivity index (χ2n) is 6.05. The first kappa shape index (κ1) is 14.4. The molecule has 0 radical (unpaired) electrons. The van der Waals surface area contributed by atoms with Gasteiger partial charge in [0.2, 0.25) is 5.91 Å². The molecule has 1 aliphatic carbocycles. The van der Waals surface area contributed by atoms with Crippen LogP contribution in [0.5, 0.6) is 0 Å². The molecule has 1 rings (SSSR count). The fourth-order valence-electron chi connectivity index (χ4n) is 2.16. The standard InChI is InChI=1S/C13H24N2OS/c1-12(2,10(14)17)9-15-11(16)13(3)7-5-4-6-8-13/h4-9H2,1-3H3,(H2,14,17)(H,15,16). The molecule has 98 valence electrons. The Morgan fingerprint density at radius 1 is 1.35 bits per heavy atom. The zero-order valence-electron chi connectivity index (χ0n) is 11.1. The van der Waals surface area contributed by atoms with E-state index < -0.39 is 0 Å². The number of rotatable bonds is 4. The van der Waals surface area contributed by atoms with Gasteiger partial charge in [-0.3, -0.25) is 4.79 Å². The lowest BCUT2D eigenvalue weighted by Gasteiger charge is -2.33. The molecule has 3 N–H and O–H groups in total. The quantitative estimate of drug-likeness (QED) is 0.759. The fourth-order valence-corrected chi connectivity index (χ4v) is 2.23.